The lowest BCUT2D eigenvalue weighted by Gasteiger charge is -2.51. The van der Waals surface area contributed by atoms with Crippen molar-refractivity contribution in [2.45, 2.75) is 133 Å². The highest BCUT2D eigenvalue weighted by Gasteiger charge is 2.75. The summed E-state index contributed by atoms with van der Waals surface area (Å²) in [6.45, 7) is 4.42. The summed E-state index contributed by atoms with van der Waals surface area (Å²) in [7, 11) is 0. The summed E-state index contributed by atoms with van der Waals surface area (Å²) < 4.78 is 209. The monoisotopic (exact) mass is 789 g/mol. The van der Waals surface area contributed by atoms with Gasteiger partial charge in [0.2, 0.25) is 5.72 Å². The molecule has 21 heteroatoms. The highest BCUT2D eigenvalue weighted by molar-refractivity contribution is 5.06. The molecular formula is C31H42F15N3O3. The maximum atomic E-state index is 14.2. The molecule has 0 amide bonds. The third-order valence-electron chi connectivity index (χ3n) is 12.7. The molecule has 6 nitrogen and oxygen atoms in total. The van der Waals surface area contributed by atoms with E-state index in [4.69, 9.17) is 5.53 Å². The molecule has 0 aromatic heterocycles. The van der Waals surface area contributed by atoms with Crippen molar-refractivity contribution in [2.24, 2.45) is 64.3 Å². The van der Waals surface area contributed by atoms with Gasteiger partial charge in [-0.15, -0.1) is 0 Å². The Morgan fingerprint density at radius 2 is 0.827 bits per heavy atom. The summed E-state index contributed by atoms with van der Waals surface area (Å²) in [5, 5.41) is 33.5. The van der Waals surface area contributed by atoms with E-state index < -0.39 is 146 Å². The first-order valence-corrected chi connectivity index (χ1v) is 16.8. The lowest BCUT2D eigenvalue weighted by atomic mass is 9.57. The second-order valence-electron chi connectivity index (χ2n) is 15.5. The van der Waals surface area contributed by atoms with Crippen LogP contribution in [0.25, 0.3) is 10.4 Å². The van der Waals surface area contributed by atoms with Crippen molar-refractivity contribution >= 4 is 0 Å². The van der Waals surface area contributed by atoms with E-state index in [1.807, 2.05) is 0 Å². The van der Waals surface area contributed by atoms with Crippen molar-refractivity contribution in [1.29, 1.82) is 0 Å². The van der Waals surface area contributed by atoms with E-state index >= 15 is 0 Å². The van der Waals surface area contributed by atoms with E-state index in [0.717, 1.165) is 0 Å². The van der Waals surface area contributed by atoms with E-state index in [1.54, 1.807) is 6.92 Å². The van der Waals surface area contributed by atoms with Gasteiger partial charge in [-0.2, -0.15) is 65.9 Å². The number of aliphatic hydroxyl groups is 3. The summed E-state index contributed by atoms with van der Waals surface area (Å²) >= 11 is 0. The summed E-state index contributed by atoms with van der Waals surface area (Å²) in [4.78, 5) is 2.10. The number of halogens is 15. The number of rotatable bonds is 8. The van der Waals surface area contributed by atoms with Gasteiger partial charge in [0.1, 0.15) is 0 Å². The van der Waals surface area contributed by atoms with Crippen LogP contribution in [-0.2, 0) is 0 Å². The summed E-state index contributed by atoms with van der Waals surface area (Å²) in [5.41, 5.74) is -5.57. The van der Waals surface area contributed by atoms with Crippen LogP contribution in [0.5, 0.6) is 0 Å². The van der Waals surface area contributed by atoms with Crippen molar-refractivity contribution in [3.8, 4) is 0 Å². The lowest BCUT2D eigenvalue weighted by molar-refractivity contribution is -0.390. The second-order valence-corrected chi connectivity index (χ2v) is 15.5. The largest absolute Gasteiger partial charge is 0.426 e. The molecule has 52 heavy (non-hydrogen) atoms. The minimum Gasteiger partial charge on any atom is -0.376 e. The normalized spacial score (nSPS) is 34.7. The predicted octanol–water partition coefficient (Wildman–Crippen LogP) is 10.4. The fourth-order valence-corrected chi connectivity index (χ4v) is 9.30. The smallest absolute Gasteiger partial charge is 0.376 e. The molecule has 304 valence electrons. The Morgan fingerprint density at radius 3 is 1.17 bits per heavy atom. The molecule has 11 unspecified atom stereocenters. The SMILES string of the molecule is CC1CCC(C(O)(N=[N+]=[N-])C(F)(F)F)CC1CC1CC(C(O)(C(F)(F)F)C(F)(F)F)CC(CC2CC(C(O)(C(F)(F)F)C(F)(F)F)CCC2C)C1C. The quantitative estimate of drug-likeness (QED) is 0.0986. The Hall–Kier alpha value is -1.86. The number of hydrogen-bond donors (Lipinski definition) is 3. The van der Waals surface area contributed by atoms with Crippen LogP contribution in [0, 0.1) is 59.2 Å². The maximum absolute atomic E-state index is 14.2. The molecule has 3 aliphatic carbocycles. The van der Waals surface area contributed by atoms with Crippen LogP contribution in [0.2, 0.25) is 0 Å². The molecule has 0 aromatic rings. The molecular weight excluding hydrogens is 747 g/mol. The van der Waals surface area contributed by atoms with E-state index in [2.05, 4.69) is 10.0 Å². The molecule has 0 spiro atoms. The van der Waals surface area contributed by atoms with E-state index in [1.165, 1.54) is 13.8 Å². The Bertz CT molecular complexity index is 1250. The minimum atomic E-state index is -6.29. The van der Waals surface area contributed by atoms with Crippen LogP contribution >= 0.6 is 0 Å². The molecule has 11 atom stereocenters. The zero-order valence-corrected chi connectivity index (χ0v) is 28.2. The number of nitrogens with zero attached hydrogens (tertiary/aromatic N) is 3. The van der Waals surface area contributed by atoms with Crippen molar-refractivity contribution < 1.29 is 81.2 Å². The molecule has 0 saturated heterocycles. The van der Waals surface area contributed by atoms with Crippen LogP contribution in [0.4, 0.5) is 65.9 Å². The van der Waals surface area contributed by atoms with E-state index in [0.29, 0.717) is 0 Å². The van der Waals surface area contributed by atoms with Crippen LogP contribution < -0.4 is 0 Å². The molecule has 3 N–H and O–H groups in total. The number of alkyl halides is 15. The van der Waals surface area contributed by atoms with Gasteiger partial charge in [0.15, 0.2) is 0 Å². The van der Waals surface area contributed by atoms with Crippen molar-refractivity contribution in [3.63, 3.8) is 0 Å². The maximum Gasteiger partial charge on any atom is 0.426 e. The highest BCUT2D eigenvalue weighted by Crippen LogP contribution is 2.59. The highest BCUT2D eigenvalue weighted by atomic mass is 19.4. The Labute approximate surface area is 289 Å². The number of azide groups is 1. The third kappa shape index (κ3) is 8.07. The summed E-state index contributed by atoms with van der Waals surface area (Å²) in [6, 6.07) is 0. The Kier molecular flexibility index (Phi) is 12.6. The molecule has 0 radical (unpaired) electrons. The fraction of sp³-hybridized carbons (Fsp3) is 1.00. The Balaban J connectivity index is 2.04. The molecule has 0 aliphatic heterocycles. The lowest BCUT2D eigenvalue weighted by Crippen LogP contribution is -2.63. The topological polar surface area (TPSA) is 109 Å². The van der Waals surface area contributed by atoms with Gasteiger partial charge in [-0.05, 0) is 103 Å². The first-order valence-electron chi connectivity index (χ1n) is 16.8. The molecule has 0 heterocycles. The average molecular weight is 790 g/mol. The van der Waals surface area contributed by atoms with Crippen LogP contribution in [0.15, 0.2) is 5.11 Å². The van der Waals surface area contributed by atoms with Gasteiger partial charge in [0.25, 0.3) is 11.2 Å². The molecule has 3 saturated carbocycles. The average Bonchev–Trinajstić information content (AvgIpc) is 2.97. The van der Waals surface area contributed by atoms with Gasteiger partial charge in [-0.1, -0.05) is 33.6 Å². The van der Waals surface area contributed by atoms with E-state index in [-0.39, 0.29) is 25.7 Å². The van der Waals surface area contributed by atoms with Crippen molar-refractivity contribution in [1.82, 2.24) is 0 Å². The van der Waals surface area contributed by atoms with Gasteiger partial charge < -0.3 is 15.3 Å². The van der Waals surface area contributed by atoms with Gasteiger partial charge in [0, 0.05) is 22.7 Å². The van der Waals surface area contributed by atoms with Crippen LogP contribution in [-0.4, -0.2) is 63.1 Å². The van der Waals surface area contributed by atoms with Gasteiger partial charge in [0.05, 0.1) is 0 Å². The van der Waals surface area contributed by atoms with Gasteiger partial charge >= 0.3 is 30.9 Å². The second kappa shape index (κ2) is 14.7. The van der Waals surface area contributed by atoms with Gasteiger partial charge in [-0.3, -0.25) is 0 Å². The standard InChI is InChI=1S/C31H42F15N3O3/c1-14-4-6-21(24(50,27(32,33)34)28(35,36)37)10-17(14)8-19-12-23(25(51,29(38,39)40)30(41,42)43)13-20(16(19)3)9-18-11-22(7-5-15(18)2)26(52,48-49-47)31(44,45)46/h14-23,50-52H,4-13H2,1-3H3. The first-order chi connectivity index (χ1) is 23.3. The van der Waals surface area contributed by atoms with Crippen LogP contribution in [0.1, 0.15) is 85.0 Å². The van der Waals surface area contributed by atoms with Gasteiger partial charge in [-0.25, -0.2) is 0 Å². The molecule has 3 fully saturated rings. The van der Waals surface area contributed by atoms with Crippen molar-refractivity contribution in [3.05, 3.63) is 10.4 Å². The fourth-order valence-electron chi connectivity index (χ4n) is 9.30. The molecule has 3 rings (SSSR count). The zero-order valence-electron chi connectivity index (χ0n) is 28.2. The van der Waals surface area contributed by atoms with Crippen molar-refractivity contribution in [2.75, 3.05) is 0 Å². The summed E-state index contributed by atoms with van der Waals surface area (Å²) in [5.74, 6) is -13.3. The number of hydrogen-bond acceptors (Lipinski definition) is 4. The molecule has 3 aliphatic rings. The van der Waals surface area contributed by atoms with E-state index in [9.17, 15) is 81.2 Å². The minimum absolute atomic E-state index is 0.0139. The molecule has 0 aromatic carbocycles. The van der Waals surface area contributed by atoms with Crippen LogP contribution in [0.3, 0.4) is 0 Å². The molecule has 0 bridgehead atoms. The predicted molar refractivity (Wildman–Crippen MR) is 152 cm³/mol. The summed E-state index contributed by atoms with van der Waals surface area (Å²) in [6.07, 6.45) is -35.8. The Morgan fingerprint density at radius 1 is 0.500 bits per heavy atom. The zero-order chi connectivity index (χ0) is 40.3. The third-order valence-corrected chi connectivity index (χ3v) is 12.7. The first kappa shape index (κ1) is 44.5.